The Hall–Kier alpha value is -0.940. The maximum Gasteiger partial charge on any atom is 0.105 e. The van der Waals surface area contributed by atoms with E-state index in [-0.39, 0.29) is 12.2 Å². The molecular weight excluding hydrogens is 364 g/mol. The van der Waals surface area contributed by atoms with Crippen molar-refractivity contribution in [3.63, 3.8) is 0 Å². The first-order valence-corrected chi connectivity index (χ1v) is 11.8. The monoisotopic (exact) mass is 406 g/mol. The van der Waals surface area contributed by atoms with Crippen LogP contribution in [0, 0.1) is 0 Å². The van der Waals surface area contributed by atoms with Crippen molar-refractivity contribution in [3.05, 3.63) is 35.9 Å². The van der Waals surface area contributed by atoms with Gasteiger partial charge in [-0.2, -0.15) is 0 Å². The highest BCUT2D eigenvalue weighted by molar-refractivity contribution is 5.13. The Kier molecular flexibility index (Phi) is 14.1. The Morgan fingerprint density at radius 3 is 2.14 bits per heavy atom. The second kappa shape index (κ2) is 16.8. The van der Waals surface area contributed by atoms with Gasteiger partial charge in [0.15, 0.2) is 0 Å². The van der Waals surface area contributed by atoms with E-state index in [0.29, 0.717) is 26.4 Å². The van der Waals surface area contributed by atoms with E-state index in [2.05, 4.69) is 19.1 Å². The summed E-state index contributed by atoms with van der Waals surface area (Å²) in [7, 11) is 0. The van der Waals surface area contributed by atoms with Gasteiger partial charge in [-0.05, 0) is 12.0 Å². The Labute approximate surface area is 178 Å². The molecule has 0 saturated carbocycles. The van der Waals surface area contributed by atoms with Gasteiger partial charge in [-0.3, -0.25) is 0 Å². The number of ether oxygens (including phenoxy) is 4. The molecule has 1 aliphatic rings. The summed E-state index contributed by atoms with van der Waals surface area (Å²) in [5, 5.41) is 0. The summed E-state index contributed by atoms with van der Waals surface area (Å²) >= 11 is 0. The van der Waals surface area contributed by atoms with Gasteiger partial charge in [0, 0.05) is 6.61 Å². The minimum Gasteiger partial charge on any atom is -0.379 e. The summed E-state index contributed by atoms with van der Waals surface area (Å²) in [4.78, 5) is 0. The van der Waals surface area contributed by atoms with Crippen LogP contribution < -0.4 is 0 Å². The topological polar surface area (TPSA) is 40.2 Å². The highest BCUT2D eigenvalue weighted by Gasteiger charge is 2.23. The van der Waals surface area contributed by atoms with Gasteiger partial charge in [0.25, 0.3) is 0 Å². The summed E-state index contributed by atoms with van der Waals surface area (Å²) in [6.45, 7) is 6.31. The Bertz CT molecular complexity index is 475. The molecule has 29 heavy (non-hydrogen) atoms. The van der Waals surface area contributed by atoms with Crippen molar-refractivity contribution in [2.75, 3.05) is 33.0 Å². The van der Waals surface area contributed by atoms with E-state index >= 15 is 0 Å². The summed E-state index contributed by atoms with van der Waals surface area (Å²) in [6, 6.07) is 10.3. The number of benzene rings is 1. The molecule has 1 aromatic rings. The first-order valence-electron chi connectivity index (χ1n) is 11.8. The molecule has 1 heterocycles. The van der Waals surface area contributed by atoms with E-state index in [0.717, 1.165) is 19.6 Å². The number of rotatable bonds is 20. The molecule has 0 bridgehead atoms. The Morgan fingerprint density at radius 2 is 1.48 bits per heavy atom. The zero-order valence-electron chi connectivity index (χ0n) is 18.5. The maximum atomic E-state index is 6.04. The van der Waals surface area contributed by atoms with Crippen molar-refractivity contribution >= 4 is 0 Å². The van der Waals surface area contributed by atoms with E-state index < -0.39 is 0 Å². The lowest BCUT2D eigenvalue weighted by atomic mass is 10.1. The van der Waals surface area contributed by atoms with Gasteiger partial charge in [-0.1, -0.05) is 95.0 Å². The molecule has 4 heteroatoms. The van der Waals surface area contributed by atoms with Crippen LogP contribution in [0.5, 0.6) is 0 Å². The lowest BCUT2D eigenvalue weighted by molar-refractivity contribution is -0.0685. The summed E-state index contributed by atoms with van der Waals surface area (Å²) < 4.78 is 22.9. The molecule has 0 aromatic heterocycles. The molecule has 1 fully saturated rings. The molecule has 0 N–H and O–H groups in total. The van der Waals surface area contributed by atoms with E-state index in [1.807, 2.05) is 18.2 Å². The van der Waals surface area contributed by atoms with Crippen molar-refractivity contribution in [1.82, 2.24) is 0 Å². The normalized spacial score (nSPS) is 16.8. The Balaban J connectivity index is 1.47. The van der Waals surface area contributed by atoms with Crippen LogP contribution in [0.3, 0.4) is 0 Å². The van der Waals surface area contributed by atoms with Crippen molar-refractivity contribution in [2.45, 2.75) is 89.9 Å². The molecule has 1 saturated heterocycles. The maximum absolute atomic E-state index is 6.04. The summed E-state index contributed by atoms with van der Waals surface area (Å²) in [6.07, 6.45) is 13.7. The van der Waals surface area contributed by atoms with Crippen LogP contribution in [-0.4, -0.2) is 45.2 Å². The smallest absolute Gasteiger partial charge is 0.105 e. The molecule has 4 nitrogen and oxygen atoms in total. The average Bonchev–Trinajstić information content (AvgIpc) is 3.57. The van der Waals surface area contributed by atoms with E-state index in [1.54, 1.807) is 0 Å². The van der Waals surface area contributed by atoms with Gasteiger partial charge in [-0.25, -0.2) is 0 Å². The lowest BCUT2D eigenvalue weighted by Crippen LogP contribution is -2.26. The quantitative estimate of drug-likeness (QED) is 0.199. The molecule has 1 aliphatic heterocycles. The van der Waals surface area contributed by atoms with E-state index in [1.165, 1.54) is 63.4 Å². The highest BCUT2D eigenvalue weighted by atomic mass is 16.6. The zero-order valence-corrected chi connectivity index (χ0v) is 18.5. The second-order valence-corrected chi connectivity index (χ2v) is 8.17. The molecule has 0 aliphatic carbocycles. The molecule has 166 valence electrons. The summed E-state index contributed by atoms with van der Waals surface area (Å²) in [5.74, 6) is 0. The van der Waals surface area contributed by atoms with Crippen LogP contribution in [0.25, 0.3) is 0 Å². The minimum absolute atomic E-state index is 0.0305. The molecule has 2 atom stereocenters. The van der Waals surface area contributed by atoms with Gasteiger partial charge in [0.05, 0.1) is 33.0 Å². The van der Waals surface area contributed by atoms with Crippen LogP contribution in [0.15, 0.2) is 30.3 Å². The van der Waals surface area contributed by atoms with Crippen LogP contribution >= 0.6 is 0 Å². The molecule has 0 amide bonds. The molecule has 0 unspecified atom stereocenters. The third-order valence-electron chi connectivity index (χ3n) is 5.28. The van der Waals surface area contributed by atoms with E-state index in [4.69, 9.17) is 18.9 Å². The van der Waals surface area contributed by atoms with Gasteiger partial charge in [-0.15, -0.1) is 0 Å². The van der Waals surface area contributed by atoms with Gasteiger partial charge >= 0.3 is 0 Å². The van der Waals surface area contributed by atoms with Crippen LogP contribution in [0.4, 0.5) is 0 Å². The van der Waals surface area contributed by atoms with Crippen molar-refractivity contribution in [2.24, 2.45) is 0 Å². The molecule has 2 rings (SSSR count). The van der Waals surface area contributed by atoms with Crippen LogP contribution in [-0.2, 0) is 25.6 Å². The zero-order chi connectivity index (χ0) is 20.4. The number of hydrogen-bond acceptors (Lipinski definition) is 4. The van der Waals surface area contributed by atoms with Gasteiger partial charge in [0.2, 0.25) is 0 Å². The first kappa shape index (κ1) is 24.3. The predicted molar refractivity (Wildman–Crippen MR) is 118 cm³/mol. The third kappa shape index (κ3) is 13.8. The fourth-order valence-corrected chi connectivity index (χ4v) is 3.33. The van der Waals surface area contributed by atoms with E-state index in [9.17, 15) is 0 Å². The largest absolute Gasteiger partial charge is 0.379 e. The van der Waals surface area contributed by atoms with Crippen molar-refractivity contribution in [1.29, 1.82) is 0 Å². The first-order chi connectivity index (χ1) is 14.4. The third-order valence-corrected chi connectivity index (χ3v) is 5.28. The summed E-state index contributed by atoms with van der Waals surface area (Å²) in [5.41, 5.74) is 1.18. The van der Waals surface area contributed by atoms with Crippen LogP contribution in [0.2, 0.25) is 0 Å². The second-order valence-electron chi connectivity index (χ2n) is 8.17. The van der Waals surface area contributed by atoms with Crippen molar-refractivity contribution in [3.8, 4) is 0 Å². The lowest BCUT2D eigenvalue weighted by Gasteiger charge is -2.18. The van der Waals surface area contributed by atoms with Crippen molar-refractivity contribution < 1.29 is 18.9 Å². The standard InChI is InChI=1S/C25H42O4/c1-2-3-4-5-6-7-8-9-10-14-17-26-19-24(20-27-21-25-22-29-25)28-18-23-15-12-11-13-16-23/h11-13,15-16,24-25H,2-10,14,17-22H2,1H3/t24-,25-/m0/s1. The molecule has 0 radical (unpaired) electrons. The average molecular weight is 407 g/mol. The molecular formula is C25H42O4. The Morgan fingerprint density at radius 1 is 0.862 bits per heavy atom. The molecule has 1 aromatic carbocycles. The minimum atomic E-state index is -0.0305. The van der Waals surface area contributed by atoms with Crippen LogP contribution in [0.1, 0.15) is 76.7 Å². The number of epoxide rings is 1. The molecule has 0 spiro atoms. The predicted octanol–water partition coefficient (Wildman–Crippen LogP) is 5.92. The van der Waals surface area contributed by atoms with Gasteiger partial charge < -0.3 is 18.9 Å². The fraction of sp³-hybridized carbons (Fsp3) is 0.760. The number of unbranched alkanes of at least 4 members (excludes halogenated alkanes) is 9. The number of hydrogen-bond donors (Lipinski definition) is 0. The fourth-order valence-electron chi connectivity index (χ4n) is 3.33. The van der Waals surface area contributed by atoms with Gasteiger partial charge in [0.1, 0.15) is 12.2 Å². The highest BCUT2D eigenvalue weighted by Crippen LogP contribution is 2.12. The SMILES string of the molecule is CCCCCCCCCCCCOC[C@@H](COC[C@H]1CO1)OCc1ccccc1.